The van der Waals surface area contributed by atoms with Gasteiger partial charge in [0, 0.05) is 33.4 Å². The molecule has 0 unspecified atom stereocenters. The van der Waals surface area contributed by atoms with Crippen molar-refractivity contribution in [2.45, 2.75) is 13.8 Å². The molecule has 30 heavy (non-hydrogen) atoms. The molecule has 1 N–H and O–H groups in total. The number of methoxy groups -OCH3 is 1. The molecule has 1 aromatic heterocycles. The van der Waals surface area contributed by atoms with Crippen LogP contribution in [0.4, 0.5) is 5.69 Å². The standard InChI is InChI=1S/C22H20Cl2N4OS/c1-13-10-18(14(2)28(13)16-5-7-17(29-3)8-6-16)21-12-30-22(27-26-21)25-20-9-4-15(23)11-19(20)24/h4-11H,12H2,1-3H3,(H,25,27). The first kappa shape index (κ1) is 20.8. The first-order valence-electron chi connectivity index (χ1n) is 9.29. The molecular formula is C22H20Cl2N4OS. The first-order valence-corrected chi connectivity index (χ1v) is 11.0. The third-order valence-corrected chi connectivity index (χ3v) is 6.25. The van der Waals surface area contributed by atoms with Gasteiger partial charge in [0.25, 0.3) is 0 Å². The van der Waals surface area contributed by atoms with Gasteiger partial charge in [-0.2, -0.15) is 5.10 Å². The Hall–Kier alpha value is -2.41. The lowest BCUT2D eigenvalue weighted by molar-refractivity contribution is 0.414. The van der Waals surface area contributed by atoms with Crippen LogP contribution in [0.1, 0.15) is 17.0 Å². The monoisotopic (exact) mass is 458 g/mol. The summed E-state index contributed by atoms with van der Waals surface area (Å²) < 4.78 is 7.49. The molecular weight excluding hydrogens is 439 g/mol. The van der Waals surface area contributed by atoms with E-state index in [4.69, 9.17) is 27.9 Å². The SMILES string of the molecule is COc1ccc(-n2c(C)cc(C3=NNC(=Nc4ccc(Cl)cc4Cl)SC3)c2C)cc1. The summed E-state index contributed by atoms with van der Waals surface area (Å²) in [4.78, 5) is 4.55. The largest absolute Gasteiger partial charge is 0.497 e. The predicted octanol–water partition coefficient (Wildman–Crippen LogP) is 6.14. The normalized spacial score (nSPS) is 15.1. The van der Waals surface area contributed by atoms with E-state index >= 15 is 0 Å². The van der Waals surface area contributed by atoms with E-state index < -0.39 is 0 Å². The molecule has 0 atom stereocenters. The van der Waals surface area contributed by atoms with E-state index in [9.17, 15) is 0 Å². The molecule has 2 heterocycles. The number of amidine groups is 1. The molecule has 3 aromatic rings. The van der Waals surface area contributed by atoms with E-state index in [-0.39, 0.29) is 0 Å². The predicted molar refractivity (Wildman–Crippen MR) is 127 cm³/mol. The maximum Gasteiger partial charge on any atom is 0.182 e. The number of hydrogen-bond donors (Lipinski definition) is 1. The van der Waals surface area contributed by atoms with E-state index in [0.29, 0.717) is 26.7 Å². The number of aromatic nitrogens is 1. The lowest BCUT2D eigenvalue weighted by atomic mass is 10.1. The third-order valence-electron chi connectivity index (χ3n) is 4.84. The number of thioether (sulfide) groups is 1. The van der Waals surface area contributed by atoms with Crippen molar-refractivity contribution < 1.29 is 4.74 Å². The quantitative estimate of drug-likeness (QED) is 0.510. The summed E-state index contributed by atoms with van der Waals surface area (Å²) in [5.74, 6) is 1.55. The molecule has 0 spiro atoms. The van der Waals surface area contributed by atoms with Gasteiger partial charge in [0.15, 0.2) is 5.17 Å². The van der Waals surface area contributed by atoms with E-state index in [0.717, 1.165) is 34.1 Å². The van der Waals surface area contributed by atoms with Gasteiger partial charge in [-0.25, -0.2) is 4.99 Å². The van der Waals surface area contributed by atoms with Crippen molar-refractivity contribution in [2.24, 2.45) is 10.1 Å². The van der Waals surface area contributed by atoms with Crippen LogP contribution in [0.5, 0.6) is 5.75 Å². The van der Waals surface area contributed by atoms with Crippen molar-refractivity contribution in [1.29, 1.82) is 0 Å². The average Bonchev–Trinajstić information content (AvgIpc) is 3.05. The Morgan fingerprint density at radius 2 is 1.87 bits per heavy atom. The Labute approximate surface area is 189 Å². The fourth-order valence-electron chi connectivity index (χ4n) is 3.38. The Morgan fingerprint density at radius 1 is 1.10 bits per heavy atom. The minimum Gasteiger partial charge on any atom is -0.497 e. The zero-order valence-electron chi connectivity index (χ0n) is 16.7. The summed E-state index contributed by atoms with van der Waals surface area (Å²) in [6.07, 6.45) is 0. The van der Waals surface area contributed by atoms with E-state index in [2.05, 4.69) is 52.1 Å². The van der Waals surface area contributed by atoms with Gasteiger partial charge in [0.05, 0.1) is 23.5 Å². The number of aryl methyl sites for hydroxylation is 1. The van der Waals surface area contributed by atoms with E-state index in [1.54, 1.807) is 37.1 Å². The molecule has 0 amide bonds. The van der Waals surface area contributed by atoms with Gasteiger partial charge < -0.3 is 9.30 Å². The third kappa shape index (κ3) is 4.21. The molecule has 0 radical (unpaired) electrons. The van der Waals surface area contributed by atoms with Crippen LogP contribution in [0.15, 0.2) is 58.6 Å². The molecule has 1 aliphatic heterocycles. The topological polar surface area (TPSA) is 50.9 Å². The van der Waals surface area contributed by atoms with Crippen LogP contribution in [0.2, 0.25) is 10.0 Å². The van der Waals surface area contributed by atoms with E-state index in [1.165, 1.54) is 0 Å². The highest BCUT2D eigenvalue weighted by Gasteiger charge is 2.19. The van der Waals surface area contributed by atoms with Crippen molar-refractivity contribution in [3.05, 3.63) is 75.5 Å². The molecule has 8 heteroatoms. The Balaban J connectivity index is 1.59. The number of hydrogen-bond acceptors (Lipinski definition) is 4. The summed E-state index contributed by atoms with van der Waals surface area (Å²) in [5, 5.41) is 6.37. The van der Waals surface area contributed by atoms with Crippen molar-refractivity contribution >= 4 is 51.5 Å². The van der Waals surface area contributed by atoms with Crippen LogP contribution in [-0.4, -0.2) is 28.3 Å². The van der Waals surface area contributed by atoms with Crippen molar-refractivity contribution in [3.8, 4) is 11.4 Å². The Bertz CT molecular complexity index is 1150. The number of rotatable bonds is 4. The van der Waals surface area contributed by atoms with Gasteiger partial charge in [-0.3, -0.25) is 5.43 Å². The highest BCUT2D eigenvalue weighted by atomic mass is 35.5. The minimum absolute atomic E-state index is 0.509. The molecule has 5 nitrogen and oxygen atoms in total. The maximum atomic E-state index is 6.22. The zero-order valence-corrected chi connectivity index (χ0v) is 19.1. The number of ether oxygens (including phenoxy) is 1. The van der Waals surface area contributed by atoms with Crippen LogP contribution in [-0.2, 0) is 0 Å². The molecule has 2 aromatic carbocycles. The maximum absolute atomic E-state index is 6.22. The van der Waals surface area contributed by atoms with Gasteiger partial charge in [-0.15, -0.1) is 0 Å². The molecule has 0 saturated carbocycles. The fourth-order valence-corrected chi connectivity index (χ4v) is 4.59. The van der Waals surface area contributed by atoms with Crippen molar-refractivity contribution in [1.82, 2.24) is 9.99 Å². The lowest BCUT2D eigenvalue weighted by Crippen LogP contribution is -2.25. The molecule has 0 fully saturated rings. The summed E-state index contributed by atoms with van der Waals surface area (Å²) in [5.41, 5.74) is 9.19. The second kappa shape index (κ2) is 8.76. The number of nitrogens with one attached hydrogen (secondary N) is 1. The lowest BCUT2D eigenvalue weighted by Gasteiger charge is -2.16. The Morgan fingerprint density at radius 3 is 2.50 bits per heavy atom. The van der Waals surface area contributed by atoms with Gasteiger partial charge >= 0.3 is 0 Å². The van der Waals surface area contributed by atoms with E-state index in [1.807, 2.05) is 12.1 Å². The molecule has 0 saturated heterocycles. The number of hydrazone groups is 1. The summed E-state index contributed by atoms with van der Waals surface area (Å²) in [6.45, 7) is 4.21. The summed E-state index contributed by atoms with van der Waals surface area (Å²) >= 11 is 13.8. The molecule has 0 aliphatic carbocycles. The number of halogens is 2. The summed E-state index contributed by atoms with van der Waals surface area (Å²) in [6, 6.07) is 15.4. The van der Waals surface area contributed by atoms with Gasteiger partial charge in [0.1, 0.15) is 5.75 Å². The fraction of sp³-hybridized carbons (Fsp3) is 0.182. The first-order chi connectivity index (χ1) is 14.5. The van der Waals surface area contributed by atoms with Crippen molar-refractivity contribution in [3.63, 3.8) is 0 Å². The van der Waals surface area contributed by atoms with Gasteiger partial charge in [0.2, 0.25) is 0 Å². The van der Waals surface area contributed by atoms with Crippen LogP contribution in [0.25, 0.3) is 5.69 Å². The van der Waals surface area contributed by atoms with Gasteiger partial charge in [-0.1, -0.05) is 35.0 Å². The second-order valence-corrected chi connectivity index (χ2v) is 8.60. The highest BCUT2D eigenvalue weighted by molar-refractivity contribution is 8.14. The average molecular weight is 459 g/mol. The number of benzene rings is 2. The van der Waals surface area contributed by atoms with Crippen LogP contribution in [0.3, 0.4) is 0 Å². The molecule has 154 valence electrons. The molecule has 0 bridgehead atoms. The van der Waals surface area contributed by atoms with Crippen LogP contribution < -0.4 is 10.2 Å². The Kier molecular flexibility index (Phi) is 6.09. The number of nitrogens with zero attached hydrogens (tertiary/aromatic N) is 3. The van der Waals surface area contributed by atoms with Gasteiger partial charge in [-0.05, 0) is 62.4 Å². The highest BCUT2D eigenvalue weighted by Crippen LogP contribution is 2.30. The number of aliphatic imine (C=N–C) groups is 1. The van der Waals surface area contributed by atoms with Crippen LogP contribution in [0, 0.1) is 13.8 Å². The van der Waals surface area contributed by atoms with Crippen molar-refractivity contribution in [2.75, 3.05) is 12.9 Å². The molecule has 1 aliphatic rings. The minimum atomic E-state index is 0.509. The van der Waals surface area contributed by atoms with Crippen LogP contribution >= 0.6 is 35.0 Å². The molecule has 4 rings (SSSR count). The zero-order chi connectivity index (χ0) is 21.3. The summed E-state index contributed by atoms with van der Waals surface area (Å²) in [7, 11) is 1.67. The second-order valence-electron chi connectivity index (χ2n) is 6.79. The smallest absolute Gasteiger partial charge is 0.182 e.